The van der Waals surface area contributed by atoms with E-state index in [-0.39, 0.29) is 16.8 Å². The van der Waals surface area contributed by atoms with Crippen molar-refractivity contribution in [3.8, 4) is 5.75 Å². The number of aliphatic hydroxyl groups excluding tert-OH is 1. The minimum Gasteiger partial charge on any atom is -0.507 e. The van der Waals surface area contributed by atoms with Crippen LogP contribution in [0.25, 0.3) is 5.76 Å². The molecule has 5 nitrogen and oxygen atoms in total. The van der Waals surface area contributed by atoms with E-state index >= 15 is 0 Å². The molecule has 1 N–H and O–H groups in total. The molecule has 1 unspecified atom stereocenters. The van der Waals surface area contributed by atoms with Gasteiger partial charge in [0.1, 0.15) is 23.1 Å². The summed E-state index contributed by atoms with van der Waals surface area (Å²) >= 11 is 0. The van der Waals surface area contributed by atoms with Gasteiger partial charge >= 0.3 is 0 Å². The van der Waals surface area contributed by atoms with Gasteiger partial charge in [-0.25, -0.2) is 8.78 Å². The van der Waals surface area contributed by atoms with Crippen molar-refractivity contribution in [3.05, 3.63) is 101 Å². The molecule has 0 aliphatic carbocycles. The van der Waals surface area contributed by atoms with Crippen LogP contribution in [0.1, 0.15) is 29.2 Å². The molecule has 1 amide bonds. The number of halogens is 2. The third kappa shape index (κ3) is 3.55. The molecule has 5 rings (SSSR count). The molecule has 7 heteroatoms. The highest BCUT2D eigenvalue weighted by Crippen LogP contribution is 2.43. The predicted octanol–water partition coefficient (Wildman–Crippen LogP) is 4.92. The first-order valence-corrected chi connectivity index (χ1v) is 10.5. The van der Waals surface area contributed by atoms with E-state index in [4.69, 9.17) is 4.74 Å². The zero-order valence-electron chi connectivity index (χ0n) is 17.4. The third-order valence-corrected chi connectivity index (χ3v) is 5.91. The van der Waals surface area contributed by atoms with Crippen LogP contribution < -0.4 is 9.64 Å². The number of Topliss-reactive ketones (excluding diaryl/α,β-unsaturated/α-hetero) is 1. The minimum atomic E-state index is -1.26. The molecule has 1 atom stereocenters. The van der Waals surface area contributed by atoms with E-state index in [1.54, 1.807) is 24.3 Å². The van der Waals surface area contributed by atoms with Gasteiger partial charge in [-0.1, -0.05) is 24.3 Å². The summed E-state index contributed by atoms with van der Waals surface area (Å²) in [6.07, 6.45) is 1.56. The first-order valence-electron chi connectivity index (χ1n) is 10.5. The van der Waals surface area contributed by atoms with Gasteiger partial charge in [0.05, 0.1) is 18.2 Å². The van der Waals surface area contributed by atoms with E-state index in [2.05, 4.69) is 0 Å². The van der Waals surface area contributed by atoms with Crippen LogP contribution in [0.4, 0.5) is 14.5 Å². The summed E-state index contributed by atoms with van der Waals surface area (Å²) in [6.45, 7) is 0.602. The number of fused-ring (bicyclic) bond motifs is 1. The third-order valence-electron chi connectivity index (χ3n) is 5.91. The lowest BCUT2D eigenvalue weighted by atomic mass is 9.93. The van der Waals surface area contributed by atoms with Crippen molar-refractivity contribution < 1.29 is 28.2 Å². The summed E-state index contributed by atoms with van der Waals surface area (Å²) in [5.74, 6) is -2.94. The Balaban J connectivity index is 1.72. The van der Waals surface area contributed by atoms with Crippen LogP contribution in [-0.4, -0.2) is 23.4 Å². The molecular formula is C26H19F2NO4. The molecule has 1 saturated heterocycles. The lowest BCUT2D eigenvalue weighted by molar-refractivity contribution is -0.132. The van der Waals surface area contributed by atoms with Gasteiger partial charge in [0.25, 0.3) is 11.7 Å². The highest BCUT2D eigenvalue weighted by atomic mass is 19.1. The average Bonchev–Trinajstić information content (AvgIpc) is 3.09. The molecule has 166 valence electrons. The molecule has 0 saturated carbocycles. The molecule has 1 fully saturated rings. The van der Waals surface area contributed by atoms with Gasteiger partial charge in [-0.2, -0.15) is 0 Å². The van der Waals surface area contributed by atoms with Crippen LogP contribution in [0.5, 0.6) is 5.75 Å². The summed E-state index contributed by atoms with van der Waals surface area (Å²) in [7, 11) is 0. The summed E-state index contributed by atoms with van der Waals surface area (Å²) in [6, 6.07) is 14.6. The number of carbonyl (C=O) groups excluding carboxylic acids is 2. The van der Waals surface area contributed by atoms with Crippen LogP contribution in [-0.2, 0) is 16.0 Å². The molecule has 0 aromatic heterocycles. The highest BCUT2D eigenvalue weighted by molar-refractivity contribution is 6.51. The quantitative estimate of drug-likeness (QED) is 0.352. The Hall–Kier alpha value is -4.00. The maximum atomic E-state index is 14.9. The van der Waals surface area contributed by atoms with Gasteiger partial charge in [0.2, 0.25) is 0 Å². The number of benzene rings is 3. The fourth-order valence-electron chi connectivity index (χ4n) is 4.38. The van der Waals surface area contributed by atoms with E-state index in [1.165, 1.54) is 36.4 Å². The fraction of sp³-hybridized carbons (Fsp3) is 0.154. The molecule has 2 heterocycles. The average molecular weight is 447 g/mol. The monoisotopic (exact) mass is 447 g/mol. The van der Waals surface area contributed by atoms with Gasteiger partial charge in [-0.3, -0.25) is 14.5 Å². The van der Waals surface area contributed by atoms with E-state index in [0.717, 1.165) is 29.4 Å². The SMILES string of the molecule is O=C1C(=O)N(c2cccc(F)c2)C(c2ccccc2F)/C1=C(\O)c1ccc2c(c1)CCCO2. The number of aliphatic hydroxyl groups is 1. The predicted molar refractivity (Wildman–Crippen MR) is 118 cm³/mol. The van der Waals surface area contributed by atoms with E-state index in [0.29, 0.717) is 17.9 Å². The Kier molecular flexibility index (Phi) is 5.17. The van der Waals surface area contributed by atoms with Crippen molar-refractivity contribution in [1.29, 1.82) is 0 Å². The number of nitrogens with zero attached hydrogens (tertiary/aromatic N) is 1. The van der Waals surface area contributed by atoms with Crippen molar-refractivity contribution in [3.63, 3.8) is 0 Å². The van der Waals surface area contributed by atoms with Crippen LogP contribution in [0.15, 0.2) is 72.3 Å². The minimum absolute atomic E-state index is 0.0174. The van der Waals surface area contributed by atoms with Gasteiger partial charge in [0, 0.05) is 16.8 Å². The number of hydrogen-bond donors (Lipinski definition) is 1. The summed E-state index contributed by atoms with van der Waals surface area (Å²) in [5, 5.41) is 11.2. The number of carbonyl (C=O) groups is 2. The Bertz CT molecular complexity index is 1320. The Morgan fingerprint density at radius 1 is 1.00 bits per heavy atom. The summed E-state index contributed by atoms with van der Waals surface area (Å²) in [5.41, 5.74) is 1.03. The van der Waals surface area contributed by atoms with Crippen LogP contribution in [0, 0.1) is 11.6 Å². The van der Waals surface area contributed by atoms with E-state index < -0.39 is 35.1 Å². The second-order valence-electron chi connectivity index (χ2n) is 7.94. The van der Waals surface area contributed by atoms with Crippen molar-refractivity contribution in [2.45, 2.75) is 18.9 Å². The molecule has 0 radical (unpaired) electrons. The molecule has 3 aromatic carbocycles. The van der Waals surface area contributed by atoms with Gasteiger partial charge in [-0.05, 0) is 60.9 Å². The molecular weight excluding hydrogens is 428 g/mol. The smallest absolute Gasteiger partial charge is 0.300 e. The topological polar surface area (TPSA) is 66.8 Å². The van der Waals surface area contributed by atoms with Crippen molar-refractivity contribution >= 4 is 23.1 Å². The number of amides is 1. The first kappa shape index (κ1) is 20.9. The van der Waals surface area contributed by atoms with Crippen molar-refractivity contribution in [2.75, 3.05) is 11.5 Å². The number of rotatable bonds is 3. The lowest BCUT2D eigenvalue weighted by Crippen LogP contribution is -2.30. The normalized spacial score (nSPS) is 19.3. The van der Waals surface area contributed by atoms with Gasteiger partial charge in [-0.15, -0.1) is 0 Å². The summed E-state index contributed by atoms with van der Waals surface area (Å²) in [4.78, 5) is 27.2. The standard InChI is InChI=1S/C26H19F2NO4/c27-17-6-3-7-18(14-17)29-23(19-8-1-2-9-20(19)28)22(25(31)26(29)32)24(30)16-10-11-21-15(13-16)5-4-12-33-21/h1-3,6-11,13-14,23,30H,4-5,12H2/b24-22+. The van der Waals surface area contributed by atoms with Crippen LogP contribution in [0.3, 0.4) is 0 Å². The molecule has 2 aliphatic rings. The number of hydrogen-bond acceptors (Lipinski definition) is 4. The second-order valence-corrected chi connectivity index (χ2v) is 7.94. The number of ketones is 1. The summed E-state index contributed by atoms with van der Waals surface area (Å²) < 4.78 is 34.5. The van der Waals surface area contributed by atoms with Crippen molar-refractivity contribution in [1.82, 2.24) is 0 Å². The second kappa shape index (κ2) is 8.16. The molecule has 0 bridgehead atoms. The zero-order chi connectivity index (χ0) is 23.1. The molecule has 0 spiro atoms. The van der Waals surface area contributed by atoms with Gasteiger partial charge < -0.3 is 9.84 Å². The first-order chi connectivity index (χ1) is 16.0. The Morgan fingerprint density at radius 3 is 2.61 bits per heavy atom. The van der Waals surface area contributed by atoms with E-state index in [9.17, 15) is 23.5 Å². The Labute approximate surface area is 188 Å². The maximum absolute atomic E-state index is 14.9. The number of ether oxygens (including phenoxy) is 1. The van der Waals surface area contributed by atoms with Crippen molar-refractivity contribution in [2.24, 2.45) is 0 Å². The largest absolute Gasteiger partial charge is 0.507 e. The molecule has 33 heavy (non-hydrogen) atoms. The van der Waals surface area contributed by atoms with Gasteiger partial charge in [0.15, 0.2) is 0 Å². The molecule has 2 aliphatic heterocycles. The Morgan fingerprint density at radius 2 is 1.82 bits per heavy atom. The van der Waals surface area contributed by atoms with E-state index in [1.807, 2.05) is 0 Å². The zero-order valence-corrected chi connectivity index (χ0v) is 17.4. The number of anilines is 1. The van der Waals surface area contributed by atoms with Crippen LogP contribution >= 0.6 is 0 Å². The number of aryl methyl sites for hydroxylation is 1. The molecule has 3 aromatic rings. The highest BCUT2D eigenvalue weighted by Gasteiger charge is 2.48. The fourth-order valence-corrected chi connectivity index (χ4v) is 4.38. The maximum Gasteiger partial charge on any atom is 0.300 e. The lowest BCUT2D eigenvalue weighted by Gasteiger charge is -2.26. The van der Waals surface area contributed by atoms with Crippen LogP contribution in [0.2, 0.25) is 0 Å².